The molecular formula is C38H23Cl3O2. The lowest BCUT2D eigenvalue weighted by atomic mass is 9.83. The molecule has 0 unspecified atom stereocenters. The lowest BCUT2D eigenvalue weighted by Gasteiger charge is -2.24. The van der Waals surface area contributed by atoms with Crippen molar-refractivity contribution in [1.29, 1.82) is 0 Å². The van der Waals surface area contributed by atoms with E-state index in [-0.39, 0.29) is 0 Å². The molecule has 5 heteroatoms. The first-order chi connectivity index (χ1) is 21.0. The summed E-state index contributed by atoms with van der Waals surface area (Å²) in [4.78, 5) is 0. The zero-order valence-corrected chi connectivity index (χ0v) is 25.6. The summed E-state index contributed by atoms with van der Waals surface area (Å²) < 4.78 is 12.7. The largest absolute Gasteiger partial charge is 0.493 e. The number of ether oxygens (including phenoxy) is 2. The fourth-order valence-corrected chi connectivity index (χ4v) is 8.46. The van der Waals surface area contributed by atoms with Gasteiger partial charge >= 0.3 is 0 Å². The van der Waals surface area contributed by atoms with E-state index in [0.29, 0.717) is 28.3 Å². The Morgan fingerprint density at radius 1 is 0.419 bits per heavy atom. The third-order valence-corrected chi connectivity index (χ3v) is 10.2. The second kappa shape index (κ2) is 9.03. The SMILES string of the molecule is CCOc1c2ccccc2c2ccc3c4c(Cl)c(Cl)c5c6ccccc6c(OCC)c6ccc(c7c(Cl)cc1c2c37)c4c65. The van der Waals surface area contributed by atoms with Crippen molar-refractivity contribution in [3.8, 4) is 11.5 Å². The van der Waals surface area contributed by atoms with Crippen LogP contribution in [0.4, 0.5) is 0 Å². The smallest absolute Gasteiger partial charge is 0.135 e. The number of fused-ring (bicyclic) bond motifs is 6. The van der Waals surface area contributed by atoms with Crippen molar-refractivity contribution in [1.82, 2.24) is 0 Å². The zero-order chi connectivity index (χ0) is 29.1. The molecule has 0 bridgehead atoms. The van der Waals surface area contributed by atoms with Gasteiger partial charge in [0.2, 0.25) is 0 Å². The van der Waals surface area contributed by atoms with Crippen LogP contribution < -0.4 is 9.47 Å². The van der Waals surface area contributed by atoms with E-state index in [9.17, 15) is 0 Å². The Morgan fingerprint density at radius 2 is 0.860 bits per heavy atom. The Bertz CT molecular complexity index is 2620. The molecule has 0 heterocycles. The van der Waals surface area contributed by atoms with Gasteiger partial charge < -0.3 is 9.47 Å². The summed E-state index contributed by atoms with van der Waals surface area (Å²) in [5.74, 6) is 1.71. The summed E-state index contributed by atoms with van der Waals surface area (Å²) in [5.41, 5.74) is 0. The van der Waals surface area contributed by atoms with Gasteiger partial charge in [-0.15, -0.1) is 0 Å². The summed E-state index contributed by atoms with van der Waals surface area (Å²) in [5, 5.41) is 18.4. The lowest BCUT2D eigenvalue weighted by molar-refractivity contribution is 0.348. The maximum atomic E-state index is 7.35. The van der Waals surface area contributed by atoms with E-state index in [1.807, 2.05) is 26.0 Å². The van der Waals surface area contributed by atoms with Crippen LogP contribution in [-0.2, 0) is 0 Å². The molecule has 43 heavy (non-hydrogen) atoms. The summed E-state index contributed by atoms with van der Waals surface area (Å²) >= 11 is 21.9. The van der Waals surface area contributed by atoms with Crippen molar-refractivity contribution >= 4 is 121 Å². The van der Waals surface area contributed by atoms with Gasteiger partial charge in [-0.05, 0) is 52.9 Å². The van der Waals surface area contributed by atoms with Crippen LogP contribution in [0.3, 0.4) is 0 Å². The first-order valence-corrected chi connectivity index (χ1v) is 15.7. The molecule has 0 aliphatic heterocycles. The van der Waals surface area contributed by atoms with E-state index in [2.05, 4.69) is 66.7 Å². The second-order valence-corrected chi connectivity index (χ2v) is 12.3. The molecule has 9 aromatic rings. The molecule has 0 saturated carbocycles. The van der Waals surface area contributed by atoms with Gasteiger partial charge in [-0.25, -0.2) is 0 Å². The fraction of sp³-hybridized carbons (Fsp3) is 0.105. The molecule has 2 nitrogen and oxygen atoms in total. The molecule has 0 aromatic heterocycles. The van der Waals surface area contributed by atoms with E-state index in [4.69, 9.17) is 44.3 Å². The molecule has 0 N–H and O–H groups in total. The molecule has 9 rings (SSSR count). The number of rotatable bonds is 4. The first kappa shape index (κ1) is 25.5. The lowest BCUT2D eigenvalue weighted by Crippen LogP contribution is -1.99. The van der Waals surface area contributed by atoms with Gasteiger partial charge in [0, 0.05) is 64.3 Å². The minimum atomic E-state index is 0.546. The van der Waals surface area contributed by atoms with Crippen molar-refractivity contribution in [2.45, 2.75) is 13.8 Å². The standard InChI is InChI=1S/C38H23Cl3O2/c1-3-42-37-22-12-8-6-10-19(22)33-32-25(37)16-15-23-29-27(39)17-26-28-20(18-9-5-7-11-21(18)38(26)43-4-2)13-14-24(30(28)29)34(31(23)32)36(41)35(33)40/h5-17H,3-4H2,1-2H3. The number of halogens is 3. The third kappa shape index (κ3) is 3.11. The van der Waals surface area contributed by atoms with Gasteiger partial charge in [0.15, 0.2) is 0 Å². The van der Waals surface area contributed by atoms with E-state index in [1.165, 1.54) is 0 Å². The van der Waals surface area contributed by atoms with Crippen molar-refractivity contribution in [2.24, 2.45) is 0 Å². The normalized spacial score (nSPS) is 12.5. The van der Waals surface area contributed by atoms with Crippen LogP contribution in [0.25, 0.3) is 86.2 Å². The number of benzene rings is 9. The molecule has 0 spiro atoms. The average Bonchev–Trinajstić information content (AvgIpc) is 3.03. The Morgan fingerprint density at radius 3 is 1.53 bits per heavy atom. The van der Waals surface area contributed by atoms with Crippen molar-refractivity contribution in [3.05, 3.63) is 93.9 Å². The Balaban J connectivity index is 1.62. The highest BCUT2D eigenvalue weighted by Gasteiger charge is 2.27. The Kier molecular flexibility index (Phi) is 5.36. The minimum absolute atomic E-state index is 0.546. The van der Waals surface area contributed by atoms with Crippen LogP contribution in [0, 0.1) is 0 Å². The highest BCUT2D eigenvalue weighted by Crippen LogP contribution is 2.56. The van der Waals surface area contributed by atoms with Crippen LogP contribution in [-0.4, -0.2) is 13.2 Å². The summed E-state index contributed by atoms with van der Waals surface area (Å²) in [6, 6.07) is 27.5. The quantitative estimate of drug-likeness (QED) is 0.144. The monoisotopic (exact) mass is 616 g/mol. The molecule has 0 amide bonds. The molecule has 0 aliphatic rings. The van der Waals surface area contributed by atoms with Gasteiger partial charge in [-0.1, -0.05) is 102 Å². The molecule has 0 atom stereocenters. The highest BCUT2D eigenvalue weighted by atomic mass is 35.5. The molecule has 0 saturated heterocycles. The Labute approximate surface area is 261 Å². The third-order valence-electron chi connectivity index (χ3n) is 9.08. The van der Waals surface area contributed by atoms with Crippen LogP contribution in [0.15, 0.2) is 78.9 Å². The molecule has 0 aliphatic carbocycles. The summed E-state index contributed by atoms with van der Waals surface area (Å²) in [7, 11) is 0. The Hall–Kier alpha value is -3.95. The molecule has 0 fully saturated rings. The van der Waals surface area contributed by atoms with Gasteiger partial charge in [0.25, 0.3) is 0 Å². The number of hydrogen-bond donors (Lipinski definition) is 0. The molecule has 208 valence electrons. The van der Waals surface area contributed by atoms with E-state index in [0.717, 1.165) is 97.7 Å². The molecular weight excluding hydrogens is 595 g/mol. The van der Waals surface area contributed by atoms with Gasteiger partial charge in [-0.2, -0.15) is 0 Å². The van der Waals surface area contributed by atoms with Crippen LogP contribution in [0.5, 0.6) is 11.5 Å². The first-order valence-electron chi connectivity index (χ1n) is 14.5. The van der Waals surface area contributed by atoms with Crippen molar-refractivity contribution in [3.63, 3.8) is 0 Å². The van der Waals surface area contributed by atoms with Gasteiger partial charge in [0.1, 0.15) is 11.5 Å². The molecule has 9 aromatic carbocycles. The predicted molar refractivity (Wildman–Crippen MR) is 186 cm³/mol. The highest BCUT2D eigenvalue weighted by molar-refractivity contribution is 6.57. The van der Waals surface area contributed by atoms with E-state index < -0.39 is 0 Å². The van der Waals surface area contributed by atoms with Crippen LogP contribution >= 0.6 is 34.8 Å². The van der Waals surface area contributed by atoms with Crippen LogP contribution in [0.2, 0.25) is 15.1 Å². The predicted octanol–water partition coefficient (Wildman–Crippen LogP) is 12.5. The van der Waals surface area contributed by atoms with Crippen LogP contribution in [0.1, 0.15) is 13.8 Å². The van der Waals surface area contributed by atoms with Gasteiger partial charge in [0.05, 0.1) is 23.3 Å². The van der Waals surface area contributed by atoms with E-state index in [1.54, 1.807) is 0 Å². The zero-order valence-electron chi connectivity index (χ0n) is 23.4. The second-order valence-electron chi connectivity index (χ2n) is 11.1. The summed E-state index contributed by atoms with van der Waals surface area (Å²) in [6.45, 7) is 5.13. The number of hydrogen-bond acceptors (Lipinski definition) is 2. The molecule has 0 radical (unpaired) electrons. The van der Waals surface area contributed by atoms with Crippen molar-refractivity contribution < 1.29 is 9.47 Å². The average molecular weight is 618 g/mol. The van der Waals surface area contributed by atoms with Crippen molar-refractivity contribution in [2.75, 3.05) is 13.2 Å². The maximum Gasteiger partial charge on any atom is 0.135 e. The topological polar surface area (TPSA) is 18.5 Å². The maximum absolute atomic E-state index is 7.35. The van der Waals surface area contributed by atoms with Gasteiger partial charge in [-0.3, -0.25) is 0 Å². The minimum Gasteiger partial charge on any atom is -0.493 e. The van der Waals surface area contributed by atoms with E-state index >= 15 is 0 Å². The summed E-state index contributed by atoms with van der Waals surface area (Å²) in [6.07, 6.45) is 0. The fourth-order valence-electron chi connectivity index (χ4n) is 7.58.